The number of anilines is 2. The van der Waals surface area contributed by atoms with Gasteiger partial charge in [0.1, 0.15) is 5.75 Å². The van der Waals surface area contributed by atoms with Gasteiger partial charge in [-0.15, -0.1) is 5.10 Å². The maximum Gasteiger partial charge on any atom is 0.264 e. The van der Waals surface area contributed by atoms with Gasteiger partial charge >= 0.3 is 0 Å². The van der Waals surface area contributed by atoms with Crippen LogP contribution in [-0.2, 0) is 44.9 Å². The molecule has 0 aliphatic carbocycles. The summed E-state index contributed by atoms with van der Waals surface area (Å²) < 4.78 is 14.5. The quantitative estimate of drug-likeness (QED) is 0.227. The molecule has 1 N–H and O–H groups in total. The van der Waals surface area contributed by atoms with Crippen molar-refractivity contribution in [3.05, 3.63) is 101 Å². The highest BCUT2D eigenvalue weighted by Gasteiger charge is 2.65. The number of ether oxygens (including phenoxy) is 2. The van der Waals surface area contributed by atoms with Crippen molar-refractivity contribution in [1.29, 1.82) is 0 Å². The van der Waals surface area contributed by atoms with Crippen LogP contribution in [0.3, 0.4) is 0 Å². The number of aryl methyl sites for hydroxylation is 1. The first-order valence-corrected chi connectivity index (χ1v) is 16.8. The van der Waals surface area contributed by atoms with Crippen molar-refractivity contribution in [3.8, 4) is 5.75 Å². The zero-order valence-electron chi connectivity index (χ0n) is 28.0. The van der Waals surface area contributed by atoms with Crippen LogP contribution in [0.1, 0.15) is 56.0 Å². The molecule has 0 radical (unpaired) electrons. The average molecular weight is 650 g/mol. The lowest BCUT2D eigenvalue weighted by molar-refractivity contribution is -0.146. The monoisotopic (exact) mass is 649 g/mol. The number of carbonyl (C=O) groups is 2. The molecule has 1 spiro atoms. The first-order valence-electron chi connectivity index (χ1n) is 16.8. The number of carbonyl (C=O) groups excluding carboxylic acids is 2. The average Bonchev–Trinajstić information content (AvgIpc) is 3.73. The number of β-lactam (4-membered cyclic amide) rings is 1. The zero-order valence-corrected chi connectivity index (χ0v) is 28.0. The Kier molecular flexibility index (Phi) is 8.33. The Balaban J connectivity index is 1.25. The Hall–Kier alpha value is -4.54. The van der Waals surface area contributed by atoms with Crippen LogP contribution in [0.2, 0.25) is 0 Å². The van der Waals surface area contributed by atoms with E-state index in [2.05, 4.69) is 43.2 Å². The molecule has 2 fully saturated rings. The summed E-state index contributed by atoms with van der Waals surface area (Å²) in [4.78, 5) is 30.8. The molecule has 48 heavy (non-hydrogen) atoms. The number of hydrogen-bond donors (Lipinski definition) is 1. The predicted octanol–water partition coefficient (Wildman–Crippen LogP) is 5.02. The Morgan fingerprint density at radius 1 is 1.06 bits per heavy atom. The van der Waals surface area contributed by atoms with Crippen LogP contribution in [0.25, 0.3) is 0 Å². The number of methoxy groups -OCH3 is 1. The summed E-state index contributed by atoms with van der Waals surface area (Å²) in [5.41, 5.74) is 3.89. The van der Waals surface area contributed by atoms with Crippen molar-refractivity contribution in [2.24, 2.45) is 11.8 Å². The highest BCUT2D eigenvalue weighted by molar-refractivity contribution is 6.07. The number of rotatable bonds is 11. The summed E-state index contributed by atoms with van der Waals surface area (Å²) in [6.45, 7) is 8.31. The molecule has 3 aliphatic heterocycles. The van der Waals surface area contributed by atoms with Gasteiger partial charge in [0, 0.05) is 61.8 Å². The normalized spacial score (nSPS) is 23.6. The molecule has 2 amide bonds. The maximum absolute atomic E-state index is 15.0. The molecular weight excluding hydrogens is 606 g/mol. The van der Waals surface area contributed by atoms with Gasteiger partial charge in [-0.2, -0.15) is 0 Å². The fraction of sp³-hybridized carbons (Fsp3) is 0.421. The molecule has 4 atom stereocenters. The van der Waals surface area contributed by atoms with E-state index in [9.17, 15) is 14.7 Å². The van der Waals surface area contributed by atoms with Gasteiger partial charge in [0.05, 0.1) is 31.1 Å². The van der Waals surface area contributed by atoms with E-state index in [1.165, 1.54) is 0 Å². The van der Waals surface area contributed by atoms with Crippen molar-refractivity contribution in [2.45, 2.75) is 70.2 Å². The first-order chi connectivity index (χ1) is 23.2. The summed E-state index contributed by atoms with van der Waals surface area (Å²) in [5, 5.41) is 17.9. The van der Waals surface area contributed by atoms with E-state index < -0.39 is 5.60 Å². The van der Waals surface area contributed by atoms with Crippen molar-refractivity contribution < 1.29 is 24.2 Å². The van der Waals surface area contributed by atoms with Crippen molar-refractivity contribution in [3.63, 3.8) is 0 Å². The largest absolute Gasteiger partial charge is 0.497 e. The van der Waals surface area contributed by atoms with Gasteiger partial charge in [-0.05, 0) is 53.3 Å². The molecule has 10 heteroatoms. The highest BCUT2D eigenvalue weighted by Crippen LogP contribution is 2.60. The number of nitrogens with zero attached hydrogens (tertiary/aromatic N) is 5. The van der Waals surface area contributed by atoms with E-state index >= 15 is 0 Å². The van der Waals surface area contributed by atoms with Crippen molar-refractivity contribution >= 4 is 23.2 Å². The number of para-hydroxylation sites is 1. The number of amides is 2. The standard InChI is InChI=1S/C38H43N5O5/c1-25-35(37(2,3)27-12-14-30(47-4)15-13-27)33(16-19-41-24-28(18-21-44)39-40-41)48-38(25)31-10-5-6-11-32(31)43(36(38)46)23-26-8-7-9-29(22-26)42-20-17-34(42)45/h5-15,22,24-25,33,35,44H,16-21,23H2,1-4H3/t25-,33+,35-,38+/m1/s1. The Morgan fingerprint density at radius 3 is 2.56 bits per heavy atom. The zero-order chi connectivity index (χ0) is 33.6. The fourth-order valence-electron chi connectivity index (χ4n) is 8.22. The lowest BCUT2D eigenvalue weighted by Gasteiger charge is -2.38. The minimum Gasteiger partial charge on any atom is -0.497 e. The van der Waals surface area contributed by atoms with E-state index in [1.807, 2.05) is 71.8 Å². The van der Waals surface area contributed by atoms with Crippen molar-refractivity contribution in [1.82, 2.24) is 15.0 Å². The predicted molar refractivity (Wildman–Crippen MR) is 182 cm³/mol. The lowest BCUT2D eigenvalue weighted by atomic mass is 9.63. The third-order valence-electron chi connectivity index (χ3n) is 10.8. The molecule has 4 aromatic rings. The van der Waals surface area contributed by atoms with Gasteiger partial charge in [0.25, 0.3) is 5.91 Å². The molecule has 10 nitrogen and oxygen atoms in total. The van der Waals surface area contributed by atoms with Crippen LogP contribution >= 0.6 is 0 Å². The van der Waals surface area contributed by atoms with E-state index in [0.717, 1.165) is 39.5 Å². The fourth-order valence-corrected chi connectivity index (χ4v) is 8.22. The van der Waals surface area contributed by atoms with E-state index in [1.54, 1.807) is 16.7 Å². The minimum atomic E-state index is -1.18. The number of aromatic nitrogens is 3. The molecule has 3 aliphatic rings. The Bertz CT molecular complexity index is 1820. The summed E-state index contributed by atoms with van der Waals surface area (Å²) in [6, 6.07) is 24.1. The van der Waals surface area contributed by atoms with E-state index in [-0.39, 0.29) is 41.8 Å². The van der Waals surface area contributed by atoms with E-state index in [0.29, 0.717) is 38.9 Å². The molecular formula is C38H43N5O5. The minimum absolute atomic E-state index is 0.0152. The second kappa shape index (κ2) is 12.5. The number of benzene rings is 3. The molecule has 3 aromatic carbocycles. The molecule has 250 valence electrons. The lowest BCUT2D eigenvalue weighted by Crippen LogP contribution is -2.46. The van der Waals surface area contributed by atoms with E-state index in [4.69, 9.17) is 9.47 Å². The van der Waals surface area contributed by atoms with Gasteiger partial charge in [-0.3, -0.25) is 14.3 Å². The molecule has 0 saturated carbocycles. The Labute approximate surface area is 281 Å². The summed E-state index contributed by atoms with van der Waals surface area (Å²) in [6.07, 6.45) is 3.23. The number of aliphatic hydroxyl groups excluding tert-OH is 1. The number of hydrogen-bond acceptors (Lipinski definition) is 7. The molecule has 4 heterocycles. The molecule has 2 saturated heterocycles. The number of fused-ring (bicyclic) bond motifs is 2. The number of aliphatic hydroxyl groups is 1. The van der Waals surface area contributed by atoms with Crippen LogP contribution in [0.4, 0.5) is 11.4 Å². The van der Waals surface area contributed by atoms with Crippen LogP contribution in [-0.4, -0.2) is 58.3 Å². The van der Waals surface area contributed by atoms with Gasteiger partial charge in [-0.1, -0.05) is 68.4 Å². The third kappa shape index (κ3) is 5.27. The van der Waals surface area contributed by atoms with Gasteiger partial charge in [0.15, 0.2) is 5.60 Å². The SMILES string of the molecule is COc1ccc(C(C)(C)[C@H]2[C@H](CCn3cc(CCO)nn3)O[C@@]3(C(=O)N(Cc4cccc(N5CCC5=O)c4)c4ccccc43)[C@@H]2C)cc1. The van der Waals surface area contributed by atoms with Gasteiger partial charge < -0.3 is 24.4 Å². The Morgan fingerprint density at radius 2 is 1.85 bits per heavy atom. The van der Waals surface area contributed by atoms with Crippen LogP contribution < -0.4 is 14.5 Å². The maximum atomic E-state index is 15.0. The molecule has 0 bridgehead atoms. The molecule has 0 unspecified atom stereocenters. The van der Waals surface area contributed by atoms with Gasteiger partial charge in [0.2, 0.25) is 5.91 Å². The second-order valence-electron chi connectivity index (χ2n) is 13.8. The second-order valence-corrected chi connectivity index (χ2v) is 13.8. The van der Waals surface area contributed by atoms with Gasteiger partial charge in [-0.25, -0.2) is 0 Å². The highest BCUT2D eigenvalue weighted by atomic mass is 16.5. The summed E-state index contributed by atoms with van der Waals surface area (Å²) >= 11 is 0. The van der Waals surface area contributed by atoms with Crippen LogP contribution in [0.15, 0.2) is 79.0 Å². The summed E-state index contributed by atoms with van der Waals surface area (Å²) in [7, 11) is 1.67. The van der Waals surface area contributed by atoms with Crippen LogP contribution in [0.5, 0.6) is 5.75 Å². The van der Waals surface area contributed by atoms with Crippen LogP contribution in [0, 0.1) is 11.8 Å². The molecule has 1 aromatic heterocycles. The summed E-state index contributed by atoms with van der Waals surface area (Å²) in [5.74, 6) is 0.633. The first kappa shape index (κ1) is 32.0. The third-order valence-corrected chi connectivity index (χ3v) is 10.8. The topological polar surface area (TPSA) is 110 Å². The van der Waals surface area contributed by atoms with Crippen molar-refractivity contribution in [2.75, 3.05) is 30.1 Å². The molecule has 7 rings (SSSR count). The smallest absolute Gasteiger partial charge is 0.264 e.